The van der Waals surface area contributed by atoms with Gasteiger partial charge in [-0.2, -0.15) is 0 Å². The lowest BCUT2D eigenvalue weighted by Gasteiger charge is -2.29. The van der Waals surface area contributed by atoms with Crippen LogP contribution < -0.4 is 11.1 Å². The van der Waals surface area contributed by atoms with Gasteiger partial charge in [0, 0.05) is 44.2 Å². The number of hydrogen-bond donors (Lipinski definition) is 2. The number of piperidine rings is 1. The van der Waals surface area contributed by atoms with Gasteiger partial charge in [0.25, 0.3) is 5.91 Å². The molecule has 3 aliphatic heterocycles. The van der Waals surface area contributed by atoms with Gasteiger partial charge in [0.05, 0.1) is 0 Å². The molecule has 1 saturated carbocycles. The molecule has 2 unspecified atom stereocenters. The molecule has 3 amide bonds. The topological polar surface area (TPSA) is 95.7 Å². The molecule has 0 bridgehead atoms. The largest absolute Gasteiger partial charge is 0.326 e. The summed E-state index contributed by atoms with van der Waals surface area (Å²) >= 11 is 0. The molecule has 1 aliphatic carbocycles. The third kappa shape index (κ3) is 2.68. The van der Waals surface area contributed by atoms with Crippen molar-refractivity contribution in [1.29, 1.82) is 0 Å². The number of carbonyl (C=O) groups is 3. The number of rotatable bonds is 3. The molecule has 3 heterocycles. The summed E-state index contributed by atoms with van der Waals surface area (Å²) in [5.74, 6) is -0.742. The molecule has 3 N–H and O–H groups in total. The number of benzene rings is 1. The zero-order valence-corrected chi connectivity index (χ0v) is 15.2. The van der Waals surface area contributed by atoms with Crippen molar-refractivity contribution < 1.29 is 14.4 Å². The molecule has 1 aromatic rings. The molecule has 2 saturated heterocycles. The van der Waals surface area contributed by atoms with E-state index in [0.717, 1.165) is 30.8 Å². The van der Waals surface area contributed by atoms with E-state index in [1.165, 1.54) is 12.8 Å². The number of hydrogen-bond acceptors (Lipinski definition) is 5. The average molecular weight is 368 g/mol. The van der Waals surface area contributed by atoms with Crippen molar-refractivity contribution in [2.45, 2.75) is 50.9 Å². The molecule has 3 fully saturated rings. The van der Waals surface area contributed by atoms with Crippen LogP contribution in [0.15, 0.2) is 18.2 Å². The summed E-state index contributed by atoms with van der Waals surface area (Å²) in [6, 6.07) is 5.51. The monoisotopic (exact) mass is 368 g/mol. The standard InChI is InChI=1S/C20H24N4O3/c21-16-10-23(11-20(16)6-7-20)8-12-2-1-3-13-14(12)9-24(19(13)27)15-4-5-17(25)22-18(15)26/h1-3,15-16H,4-11,21H2,(H,22,25,26). The first-order valence-corrected chi connectivity index (χ1v) is 9.70. The van der Waals surface area contributed by atoms with Crippen LogP contribution in [0.3, 0.4) is 0 Å². The van der Waals surface area contributed by atoms with Gasteiger partial charge >= 0.3 is 0 Å². The molecular weight excluding hydrogens is 344 g/mol. The summed E-state index contributed by atoms with van der Waals surface area (Å²) in [5, 5.41) is 2.35. The molecule has 2 atom stereocenters. The lowest BCUT2D eigenvalue weighted by molar-refractivity contribution is -0.136. The van der Waals surface area contributed by atoms with Crippen molar-refractivity contribution in [3.8, 4) is 0 Å². The number of imide groups is 1. The van der Waals surface area contributed by atoms with Crippen LogP contribution >= 0.6 is 0 Å². The third-order valence-electron chi connectivity index (χ3n) is 6.75. The molecule has 7 heteroatoms. The Kier molecular flexibility index (Phi) is 3.67. The van der Waals surface area contributed by atoms with Crippen LogP contribution in [-0.4, -0.2) is 52.7 Å². The number of likely N-dealkylation sites (tertiary alicyclic amines) is 1. The second-order valence-electron chi connectivity index (χ2n) is 8.48. The van der Waals surface area contributed by atoms with Gasteiger partial charge in [0.1, 0.15) is 6.04 Å². The lowest BCUT2D eigenvalue weighted by Crippen LogP contribution is -2.52. The van der Waals surface area contributed by atoms with E-state index in [-0.39, 0.29) is 30.2 Å². The maximum absolute atomic E-state index is 12.9. The van der Waals surface area contributed by atoms with Crippen LogP contribution in [-0.2, 0) is 22.7 Å². The Morgan fingerprint density at radius 1 is 1.22 bits per heavy atom. The van der Waals surface area contributed by atoms with Crippen LogP contribution in [0.2, 0.25) is 0 Å². The smallest absolute Gasteiger partial charge is 0.255 e. The van der Waals surface area contributed by atoms with E-state index in [1.807, 2.05) is 12.1 Å². The van der Waals surface area contributed by atoms with E-state index in [0.29, 0.717) is 23.9 Å². The van der Waals surface area contributed by atoms with Crippen LogP contribution in [0.4, 0.5) is 0 Å². The molecule has 1 spiro atoms. The van der Waals surface area contributed by atoms with Gasteiger partial charge in [-0.25, -0.2) is 0 Å². The number of nitrogens with one attached hydrogen (secondary N) is 1. The van der Waals surface area contributed by atoms with E-state index in [1.54, 1.807) is 4.90 Å². The Balaban J connectivity index is 1.36. The summed E-state index contributed by atoms with van der Waals surface area (Å²) in [6.07, 6.45) is 3.11. The third-order valence-corrected chi connectivity index (χ3v) is 6.75. The van der Waals surface area contributed by atoms with E-state index in [9.17, 15) is 14.4 Å². The van der Waals surface area contributed by atoms with Gasteiger partial charge in [-0.05, 0) is 41.9 Å². The number of carbonyl (C=O) groups excluding carboxylic acids is 3. The fourth-order valence-electron chi connectivity index (χ4n) is 4.95. The highest BCUT2D eigenvalue weighted by molar-refractivity contribution is 6.05. The van der Waals surface area contributed by atoms with Gasteiger partial charge < -0.3 is 10.6 Å². The highest BCUT2D eigenvalue weighted by Gasteiger charge is 2.53. The highest BCUT2D eigenvalue weighted by atomic mass is 16.2. The first-order chi connectivity index (χ1) is 13.0. The van der Waals surface area contributed by atoms with Gasteiger partial charge in [-0.1, -0.05) is 12.1 Å². The Hall–Kier alpha value is -2.25. The second-order valence-corrected chi connectivity index (χ2v) is 8.48. The number of nitrogens with two attached hydrogens (primary N) is 1. The average Bonchev–Trinajstić information content (AvgIpc) is 3.24. The molecule has 5 rings (SSSR count). The van der Waals surface area contributed by atoms with Crippen molar-refractivity contribution in [3.63, 3.8) is 0 Å². The maximum Gasteiger partial charge on any atom is 0.255 e. The summed E-state index contributed by atoms with van der Waals surface area (Å²) in [4.78, 5) is 40.6. The zero-order chi connectivity index (χ0) is 18.8. The Bertz CT molecular complexity index is 848. The maximum atomic E-state index is 12.9. The van der Waals surface area contributed by atoms with Crippen LogP contribution in [0.1, 0.15) is 47.2 Å². The Labute approximate surface area is 157 Å². The van der Waals surface area contributed by atoms with E-state index in [2.05, 4.69) is 16.3 Å². The van der Waals surface area contributed by atoms with Crippen molar-refractivity contribution >= 4 is 17.7 Å². The molecule has 1 aromatic carbocycles. The van der Waals surface area contributed by atoms with Gasteiger partial charge in [-0.15, -0.1) is 0 Å². The van der Waals surface area contributed by atoms with Crippen molar-refractivity contribution in [2.75, 3.05) is 13.1 Å². The van der Waals surface area contributed by atoms with Crippen molar-refractivity contribution in [3.05, 3.63) is 34.9 Å². The Morgan fingerprint density at radius 3 is 2.74 bits per heavy atom. The van der Waals surface area contributed by atoms with Gasteiger partial charge in [0.15, 0.2) is 0 Å². The summed E-state index contributed by atoms with van der Waals surface area (Å²) in [6.45, 7) is 3.15. The molecule has 0 radical (unpaired) electrons. The first-order valence-electron chi connectivity index (χ1n) is 9.70. The van der Waals surface area contributed by atoms with E-state index in [4.69, 9.17) is 5.73 Å². The number of fused-ring (bicyclic) bond motifs is 1. The molecule has 7 nitrogen and oxygen atoms in total. The fraction of sp³-hybridized carbons (Fsp3) is 0.550. The summed E-state index contributed by atoms with van der Waals surface area (Å²) in [5.41, 5.74) is 9.48. The van der Waals surface area contributed by atoms with Crippen molar-refractivity contribution in [1.82, 2.24) is 15.1 Å². The molecule has 27 heavy (non-hydrogen) atoms. The minimum absolute atomic E-state index is 0.113. The quantitative estimate of drug-likeness (QED) is 0.752. The van der Waals surface area contributed by atoms with Crippen molar-refractivity contribution in [2.24, 2.45) is 11.1 Å². The van der Waals surface area contributed by atoms with E-state index >= 15 is 0 Å². The first kappa shape index (κ1) is 16.9. The van der Waals surface area contributed by atoms with E-state index < -0.39 is 6.04 Å². The SMILES string of the molecule is NC1CN(Cc2cccc3c2CN(C2CCC(=O)NC2=O)C3=O)CC12CC2. The zero-order valence-electron chi connectivity index (χ0n) is 15.2. The van der Waals surface area contributed by atoms with Gasteiger partial charge in [-0.3, -0.25) is 24.6 Å². The normalized spacial score (nSPS) is 29.4. The minimum atomic E-state index is -0.564. The van der Waals surface area contributed by atoms with Crippen LogP contribution in [0.5, 0.6) is 0 Å². The summed E-state index contributed by atoms with van der Waals surface area (Å²) < 4.78 is 0. The fourth-order valence-corrected chi connectivity index (χ4v) is 4.95. The number of amides is 3. The molecule has 4 aliphatic rings. The van der Waals surface area contributed by atoms with Gasteiger partial charge in [0.2, 0.25) is 11.8 Å². The van der Waals surface area contributed by atoms with Crippen LogP contribution in [0.25, 0.3) is 0 Å². The highest BCUT2D eigenvalue weighted by Crippen LogP contribution is 2.52. The van der Waals surface area contributed by atoms with Crippen LogP contribution in [0, 0.1) is 5.41 Å². The predicted octanol–water partition coefficient (Wildman–Crippen LogP) is 0.371. The second kappa shape index (κ2) is 5.87. The molecular formula is C20H24N4O3. The predicted molar refractivity (Wildman–Crippen MR) is 97.4 cm³/mol. The molecule has 142 valence electrons. The summed E-state index contributed by atoms with van der Waals surface area (Å²) in [7, 11) is 0. The lowest BCUT2D eigenvalue weighted by atomic mass is 10.0. The Morgan fingerprint density at radius 2 is 2.04 bits per heavy atom. The number of nitrogens with zero attached hydrogens (tertiary/aromatic N) is 2. The minimum Gasteiger partial charge on any atom is -0.326 e. The molecule has 0 aromatic heterocycles.